The van der Waals surface area contributed by atoms with E-state index in [-0.39, 0.29) is 11.3 Å². The van der Waals surface area contributed by atoms with E-state index in [4.69, 9.17) is 4.18 Å². The van der Waals surface area contributed by atoms with Gasteiger partial charge in [-0.3, -0.25) is 4.18 Å². The van der Waals surface area contributed by atoms with Crippen molar-refractivity contribution in [2.24, 2.45) is 0 Å². The second-order valence-corrected chi connectivity index (χ2v) is 6.79. The van der Waals surface area contributed by atoms with Gasteiger partial charge in [-0.15, -0.1) is 0 Å². The van der Waals surface area contributed by atoms with Gasteiger partial charge in [-0.25, -0.2) is 4.39 Å². The van der Waals surface area contributed by atoms with Crippen LogP contribution in [0.4, 0.5) is 4.39 Å². The number of halogens is 1. The zero-order valence-electron chi connectivity index (χ0n) is 12.4. The largest absolute Gasteiger partial charge is 0.297 e. The van der Waals surface area contributed by atoms with Crippen LogP contribution in [0, 0.1) is 6.92 Å². The first-order valence-corrected chi connectivity index (χ1v) is 8.52. The van der Waals surface area contributed by atoms with Crippen LogP contribution >= 0.6 is 0 Å². The number of hydrogen-bond acceptors (Lipinski definition) is 3. The lowest BCUT2D eigenvalue weighted by Gasteiger charge is -2.10. The predicted molar refractivity (Wildman–Crippen MR) is 84.0 cm³/mol. The van der Waals surface area contributed by atoms with Crippen molar-refractivity contribution < 1.29 is 17.0 Å². The van der Waals surface area contributed by atoms with E-state index in [1.807, 2.05) is 37.3 Å². The van der Waals surface area contributed by atoms with Crippen molar-refractivity contribution in [1.29, 1.82) is 0 Å². The van der Waals surface area contributed by atoms with Crippen LogP contribution in [0.3, 0.4) is 0 Å². The highest BCUT2D eigenvalue weighted by Crippen LogP contribution is 2.15. The molecule has 0 bridgehead atoms. The van der Waals surface area contributed by atoms with E-state index in [2.05, 4.69) is 0 Å². The molecule has 22 heavy (non-hydrogen) atoms. The molecule has 5 heteroatoms. The standard InChI is InChI=1S/C17H19FO3S/c1-14-7-11-17(12-8-14)22(19,20)21-13-16(18)10-9-15-5-3-2-4-6-15/h2-8,11-12,16H,9-10,13H2,1H3. The van der Waals surface area contributed by atoms with Crippen LogP contribution < -0.4 is 0 Å². The third kappa shape index (κ3) is 4.93. The zero-order valence-corrected chi connectivity index (χ0v) is 13.2. The van der Waals surface area contributed by atoms with Crippen LogP contribution in [0.5, 0.6) is 0 Å². The fraction of sp³-hybridized carbons (Fsp3) is 0.294. The second kappa shape index (κ2) is 7.51. The molecule has 0 aliphatic heterocycles. The number of aryl methyl sites for hydroxylation is 2. The average molecular weight is 322 g/mol. The van der Waals surface area contributed by atoms with E-state index < -0.39 is 22.9 Å². The molecule has 0 radical (unpaired) electrons. The van der Waals surface area contributed by atoms with Gasteiger partial charge in [0.1, 0.15) is 6.17 Å². The highest BCUT2D eigenvalue weighted by atomic mass is 32.2. The molecule has 2 aromatic carbocycles. The maximum absolute atomic E-state index is 13.8. The molecule has 0 N–H and O–H groups in total. The highest BCUT2D eigenvalue weighted by Gasteiger charge is 2.18. The Balaban J connectivity index is 1.85. The molecular formula is C17H19FO3S. The summed E-state index contributed by atoms with van der Waals surface area (Å²) in [5.74, 6) is 0. The molecule has 0 spiro atoms. The number of rotatable bonds is 7. The van der Waals surface area contributed by atoms with Gasteiger partial charge >= 0.3 is 0 Å². The van der Waals surface area contributed by atoms with E-state index in [1.54, 1.807) is 12.1 Å². The topological polar surface area (TPSA) is 43.4 Å². The zero-order chi connectivity index (χ0) is 16.0. The smallest absolute Gasteiger partial charge is 0.263 e. The Labute approximate surface area is 130 Å². The van der Waals surface area contributed by atoms with E-state index >= 15 is 0 Å². The number of benzene rings is 2. The fourth-order valence-corrected chi connectivity index (χ4v) is 2.92. The summed E-state index contributed by atoms with van der Waals surface area (Å²) < 4.78 is 42.5. The quantitative estimate of drug-likeness (QED) is 0.731. The SMILES string of the molecule is Cc1ccc(S(=O)(=O)OCC(F)CCc2ccccc2)cc1. The maximum atomic E-state index is 13.8. The second-order valence-electron chi connectivity index (χ2n) is 5.17. The van der Waals surface area contributed by atoms with Crippen molar-refractivity contribution in [2.75, 3.05) is 6.61 Å². The summed E-state index contributed by atoms with van der Waals surface area (Å²) in [4.78, 5) is 0.0494. The number of hydrogen-bond donors (Lipinski definition) is 0. The third-order valence-corrected chi connectivity index (χ3v) is 4.60. The van der Waals surface area contributed by atoms with Gasteiger partial charge in [-0.2, -0.15) is 8.42 Å². The summed E-state index contributed by atoms with van der Waals surface area (Å²) in [6, 6.07) is 15.8. The molecule has 3 nitrogen and oxygen atoms in total. The Morgan fingerprint density at radius 1 is 1.05 bits per heavy atom. The minimum atomic E-state index is -3.90. The summed E-state index contributed by atoms with van der Waals surface area (Å²) in [6.45, 7) is 1.40. The Hall–Kier alpha value is -1.72. The van der Waals surface area contributed by atoms with Crippen molar-refractivity contribution in [2.45, 2.75) is 30.8 Å². The van der Waals surface area contributed by atoms with Crippen LogP contribution in [0.1, 0.15) is 17.5 Å². The molecule has 0 heterocycles. The van der Waals surface area contributed by atoms with Crippen molar-refractivity contribution in [3.63, 3.8) is 0 Å². The molecule has 0 amide bonds. The molecule has 2 aromatic rings. The van der Waals surface area contributed by atoms with Crippen LogP contribution in [-0.4, -0.2) is 21.2 Å². The van der Waals surface area contributed by atoms with Crippen LogP contribution in [0.2, 0.25) is 0 Å². The van der Waals surface area contributed by atoms with Crippen molar-refractivity contribution in [1.82, 2.24) is 0 Å². The Morgan fingerprint density at radius 3 is 2.32 bits per heavy atom. The molecule has 0 aliphatic carbocycles. The minimum Gasteiger partial charge on any atom is -0.263 e. The van der Waals surface area contributed by atoms with E-state index in [0.717, 1.165) is 11.1 Å². The lowest BCUT2D eigenvalue weighted by atomic mass is 10.1. The van der Waals surface area contributed by atoms with Gasteiger partial charge < -0.3 is 0 Å². The first-order valence-electron chi connectivity index (χ1n) is 7.11. The van der Waals surface area contributed by atoms with Gasteiger partial charge in [0.15, 0.2) is 0 Å². The van der Waals surface area contributed by atoms with Crippen LogP contribution in [0.15, 0.2) is 59.5 Å². The molecule has 2 rings (SSSR count). The van der Waals surface area contributed by atoms with E-state index in [0.29, 0.717) is 6.42 Å². The van der Waals surface area contributed by atoms with Gasteiger partial charge in [0.25, 0.3) is 10.1 Å². The van der Waals surface area contributed by atoms with Gasteiger partial charge in [-0.1, -0.05) is 48.0 Å². The molecule has 1 atom stereocenters. The van der Waals surface area contributed by atoms with Gasteiger partial charge in [0.05, 0.1) is 11.5 Å². The first kappa shape index (κ1) is 16.6. The van der Waals surface area contributed by atoms with Crippen LogP contribution in [-0.2, 0) is 20.7 Å². The molecule has 118 valence electrons. The molecule has 0 aliphatic rings. The molecular weight excluding hydrogens is 303 g/mol. The average Bonchev–Trinajstić information content (AvgIpc) is 2.52. The minimum absolute atomic E-state index is 0.0494. The first-order chi connectivity index (χ1) is 10.5. The van der Waals surface area contributed by atoms with Crippen molar-refractivity contribution in [3.8, 4) is 0 Å². The Morgan fingerprint density at radius 2 is 1.68 bits per heavy atom. The normalized spacial score (nSPS) is 13.0. The molecule has 0 aromatic heterocycles. The molecule has 0 saturated heterocycles. The van der Waals surface area contributed by atoms with Gasteiger partial charge in [-0.05, 0) is 37.5 Å². The summed E-state index contributed by atoms with van der Waals surface area (Å²) >= 11 is 0. The summed E-state index contributed by atoms with van der Waals surface area (Å²) in [7, 11) is -3.90. The lowest BCUT2D eigenvalue weighted by Crippen LogP contribution is -2.16. The predicted octanol–water partition coefficient (Wildman–Crippen LogP) is 3.67. The molecule has 0 fully saturated rings. The van der Waals surface area contributed by atoms with Gasteiger partial charge in [0, 0.05) is 0 Å². The van der Waals surface area contributed by atoms with Crippen molar-refractivity contribution >= 4 is 10.1 Å². The monoisotopic (exact) mass is 322 g/mol. The number of alkyl halides is 1. The third-order valence-electron chi connectivity index (χ3n) is 3.30. The van der Waals surface area contributed by atoms with Crippen molar-refractivity contribution in [3.05, 3.63) is 65.7 Å². The molecule has 0 saturated carbocycles. The van der Waals surface area contributed by atoms with Crippen LogP contribution in [0.25, 0.3) is 0 Å². The summed E-state index contributed by atoms with van der Waals surface area (Å²) in [5, 5.41) is 0. The molecule has 1 unspecified atom stereocenters. The summed E-state index contributed by atoms with van der Waals surface area (Å²) in [6.07, 6.45) is -0.538. The fourth-order valence-electron chi connectivity index (χ4n) is 1.99. The maximum Gasteiger partial charge on any atom is 0.297 e. The highest BCUT2D eigenvalue weighted by molar-refractivity contribution is 7.86. The van der Waals surface area contributed by atoms with E-state index in [9.17, 15) is 12.8 Å². The van der Waals surface area contributed by atoms with E-state index in [1.165, 1.54) is 12.1 Å². The summed E-state index contributed by atoms with van der Waals surface area (Å²) in [5.41, 5.74) is 1.97. The van der Waals surface area contributed by atoms with Gasteiger partial charge in [0.2, 0.25) is 0 Å². The Kier molecular flexibility index (Phi) is 5.69. The Bertz CT molecular complexity index is 682. The lowest BCUT2D eigenvalue weighted by molar-refractivity contribution is 0.192.